The molecule has 4 heteroatoms. The molecule has 2 aromatic rings. The molecule has 1 aliphatic heterocycles. The molecule has 2 aliphatic rings. The number of carboxylic acids is 1. The molecule has 2 fully saturated rings. The van der Waals surface area contributed by atoms with Crippen LogP contribution >= 0.6 is 0 Å². The minimum atomic E-state index is -0.626. The summed E-state index contributed by atoms with van der Waals surface area (Å²) < 4.78 is 0. The largest absolute Gasteiger partial charge is 0.481 e. The van der Waals surface area contributed by atoms with Crippen molar-refractivity contribution in [3.05, 3.63) is 54.1 Å². The Balaban J connectivity index is 1.67. The molecule has 0 amide bonds. The number of rotatable bonds is 5. The van der Waals surface area contributed by atoms with Crippen molar-refractivity contribution in [2.24, 2.45) is 5.92 Å². The van der Waals surface area contributed by atoms with Crippen LogP contribution in [0.15, 0.2) is 48.5 Å². The van der Waals surface area contributed by atoms with E-state index in [0.717, 1.165) is 51.6 Å². The van der Waals surface area contributed by atoms with Crippen molar-refractivity contribution in [2.75, 3.05) is 18.0 Å². The van der Waals surface area contributed by atoms with E-state index in [1.54, 1.807) is 0 Å². The highest BCUT2D eigenvalue weighted by molar-refractivity contribution is 5.74. The Bertz CT molecular complexity index is 822. The van der Waals surface area contributed by atoms with Crippen LogP contribution in [0.2, 0.25) is 0 Å². The standard InChI is InChI=1S/C25H32N2O2/c1-18-23(19-6-3-2-4-7-19)8-5-9-24(18)27(22-14-16-26-17-15-22)21-12-10-20(11-13-21)25(28)29/h2-9,20-22,26H,10-17H2,1H3,(H,28,29). The Labute approximate surface area is 173 Å². The highest BCUT2D eigenvalue weighted by atomic mass is 16.4. The lowest BCUT2D eigenvalue weighted by molar-refractivity contribution is -0.142. The number of nitrogens with zero attached hydrogens (tertiary/aromatic N) is 1. The van der Waals surface area contributed by atoms with E-state index < -0.39 is 5.97 Å². The van der Waals surface area contributed by atoms with E-state index in [1.807, 2.05) is 0 Å². The Kier molecular flexibility index (Phi) is 6.19. The van der Waals surface area contributed by atoms with Gasteiger partial charge in [-0.1, -0.05) is 42.5 Å². The highest BCUT2D eigenvalue weighted by Crippen LogP contribution is 2.38. The van der Waals surface area contributed by atoms with Gasteiger partial charge in [0.25, 0.3) is 0 Å². The summed E-state index contributed by atoms with van der Waals surface area (Å²) in [5.74, 6) is -0.794. The summed E-state index contributed by atoms with van der Waals surface area (Å²) >= 11 is 0. The number of nitrogens with one attached hydrogen (secondary N) is 1. The van der Waals surface area contributed by atoms with E-state index in [0.29, 0.717) is 12.1 Å². The van der Waals surface area contributed by atoms with Crippen molar-refractivity contribution in [3.63, 3.8) is 0 Å². The lowest BCUT2D eigenvalue weighted by Crippen LogP contribution is -2.50. The zero-order valence-corrected chi connectivity index (χ0v) is 17.3. The highest BCUT2D eigenvalue weighted by Gasteiger charge is 2.34. The maximum atomic E-state index is 11.4. The number of hydrogen-bond donors (Lipinski definition) is 2. The molecule has 2 N–H and O–H groups in total. The Morgan fingerprint density at radius 2 is 1.55 bits per heavy atom. The second-order valence-corrected chi connectivity index (χ2v) is 8.55. The molecule has 154 valence electrons. The molecule has 0 unspecified atom stereocenters. The number of piperidine rings is 1. The van der Waals surface area contributed by atoms with Crippen LogP contribution in [0.1, 0.15) is 44.1 Å². The van der Waals surface area contributed by atoms with Gasteiger partial charge in [-0.15, -0.1) is 0 Å². The number of carboxylic acid groups (broad SMARTS) is 1. The Morgan fingerprint density at radius 3 is 2.21 bits per heavy atom. The quantitative estimate of drug-likeness (QED) is 0.763. The van der Waals surface area contributed by atoms with E-state index in [4.69, 9.17) is 0 Å². The normalized spacial score (nSPS) is 22.9. The van der Waals surface area contributed by atoms with Crippen LogP contribution in [0.3, 0.4) is 0 Å². The number of benzene rings is 2. The van der Waals surface area contributed by atoms with Crippen LogP contribution in [-0.4, -0.2) is 36.2 Å². The lowest BCUT2D eigenvalue weighted by atomic mass is 9.83. The number of carbonyl (C=O) groups is 1. The average molecular weight is 393 g/mol. The van der Waals surface area contributed by atoms with E-state index >= 15 is 0 Å². The minimum absolute atomic E-state index is 0.169. The molecule has 1 saturated heterocycles. The van der Waals surface area contributed by atoms with Crippen molar-refractivity contribution < 1.29 is 9.90 Å². The van der Waals surface area contributed by atoms with Gasteiger partial charge in [0.05, 0.1) is 5.92 Å². The van der Waals surface area contributed by atoms with Gasteiger partial charge in [-0.25, -0.2) is 0 Å². The molecule has 0 aromatic heterocycles. The third-order valence-corrected chi connectivity index (χ3v) is 6.81. The summed E-state index contributed by atoms with van der Waals surface area (Å²) in [5.41, 5.74) is 5.21. The lowest BCUT2D eigenvalue weighted by Gasteiger charge is -2.45. The number of aliphatic carboxylic acids is 1. The van der Waals surface area contributed by atoms with Gasteiger partial charge >= 0.3 is 5.97 Å². The molecule has 29 heavy (non-hydrogen) atoms. The fraction of sp³-hybridized carbons (Fsp3) is 0.480. The summed E-state index contributed by atoms with van der Waals surface area (Å²) in [6.07, 6.45) is 5.81. The average Bonchev–Trinajstić information content (AvgIpc) is 2.77. The molecule has 1 aliphatic carbocycles. The van der Waals surface area contributed by atoms with Crippen LogP contribution < -0.4 is 10.2 Å². The van der Waals surface area contributed by atoms with Crippen LogP contribution in [0.4, 0.5) is 5.69 Å². The van der Waals surface area contributed by atoms with E-state index in [-0.39, 0.29) is 5.92 Å². The van der Waals surface area contributed by atoms with E-state index in [2.05, 4.69) is 65.7 Å². The van der Waals surface area contributed by atoms with E-state index in [1.165, 1.54) is 22.4 Å². The van der Waals surface area contributed by atoms with Crippen molar-refractivity contribution in [1.82, 2.24) is 5.32 Å². The van der Waals surface area contributed by atoms with Crippen LogP contribution in [0, 0.1) is 12.8 Å². The van der Waals surface area contributed by atoms with Crippen molar-refractivity contribution in [2.45, 2.75) is 57.5 Å². The van der Waals surface area contributed by atoms with Gasteiger partial charge in [-0.3, -0.25) is 4.79 Å². The van der Waals surface area contributed by atoms with Gasteiger partial charge in [0, 0.05) is 17.8 Å². The Hall–Kier alpha value is -2.33. The van der Waals surface area contributed by atoms with Gasteiger partial charge in [-0.05, 0) is 81.3 Å². The van der Waals surface area contributed by atoms with Gasteiger partial charge < -0.3 is 15.3 Å². The smallest absolute Gasteiger partial charge is 0.306 e. The molecule has 0 bridgehead atoms. The zero-order chi connectivity index (χ0) is 20.2. The van der Waals surface area contributed by atoms with Crippen LogP contribution in [0.25, 0.3) is 11.1 Å². The number of anilines is 1. The fourth-order valence-electron chi connectivity index (χ4n) is 5.21. The first-order valence-corrected chi connectivity index (χ1v) is 11.0. The third-order valence-electron chi connectivity index (χ3n) is 6.81. The molecule has 4 rings (SSSR count). The maximum Gasteiger partial charge on any atom is 0.306 e. The van der Waals surface area contributed by atoms with Gasteiger partial charge in [0.1, 0.15) is 0 Å². The summed E-state index contributed by atoms with van der Waals surface area (Å²) in [7, 11) is 0. The molecular weight excluding hydrogens is 360 g/mol. The summed E-state index contributed by atoms with van der Waals surface area (Å²) in [4.78, 5) is 14.1. The number of hydrogen-bond acceptors (Lipinski definition) is 3. The Morgan fingerprint density at radius 1 is 0.897 bits per heavy atom. The summed E-state index contributed by atoms with van der Waals surface area (Å²) in [6, 6.07) is 18.2. The first-order chi connectivity index (χ1) is 14.1. The van der Waals surface area contributed by atoms with E-state index in [9.17, 15) is 9.90 Å². The predicted octanol–water partition coefficient (Wildman–Crippen LogP) is 4.86. The summed E-state index contributed by atoms with van der Waals surface area (Å²) in [6.45, 7) is 4.36. The second-order valence-electron chi connectivity index (χ2n) is 8.55. The second kappa shape index (κ2) is 9.00. The topological polar surface area (TPSA) is 52.6 Å². The molecule has 0 atom stereocenters. The minimum Gasteiger partial charge on any atom is -0.481 e. The molecule has 0 spiro atoms. The maximum absolute atomic E-state index is 11.4. The van der Waals surface area contributed by atoms with Crippen LogP contribution in [0.5, 0.6) is 0 Å². The van der Waals surface area contributed by atoms with Crippen LogP contribution in [-0.2, 0) is 4.79 Å². The third kappa shape index (κ3) is 4.32. The van der Waals surface area contributed by atoms with Crippen molar-refractivity contribution in [3.8, 4) is 11.1 Å². The first-order valence-electron chi connectivity index (χ1n) is 11.0. The summed E-state index contributed by atoms with van der Waals surface area (Å²) in [5, 5.41) is 12.9. The van der Waals surface area contributed by atoms with Gasteiger partial charge in [-0.2, -0.15) is 0 Å². The zero-order valence-electron chi connectivity index (χ0n) is 17.3. The monoisotopic (exact) mass is 392 g/mol. The predicted molar refractivity (Wildman–Crippen MR) is 118 cm³/mol. The molecule has 0 radical (unpaired) electrons. The molecule has 1 saturated carbocycles. The fourth-order valence-corrected chi connectivity index (χ4v) is 5.21. The van der Waals surface area contributed by atoms with Crippen molar-refractivity contribution >= 4 is 11.7 Å². The molecule has 1 heterocycles. The van der Waals surface area contributed by atoms with Gasteiger partial charge in [0.15, 0.2) is 0 Å². The SMILES string of the molecule is Cc1c(-c2ccccc2)cccc1N(C1CCNCC1)C1CCC(C(=O)O)CC1. The van der Waals surface area contributed by atoms with Gasteiger partial charge in [0.2, 0.25) is 0 Å². The van der Waals surface area contributed by atoms with Crippen molar-refractivity contribution in [1.29, 1.82) is 0 Å². The first kappa shape index (κ1) is 20.0. The molecule has 4 nitrogen and oxygen atoms in total. The molecule has 2 aromatic carbocycles. The molecular formula is C25H32N2O2.